The van der Waals surface area contributed by atoms with Gasteiger partial charge in [-0.1, -0.05) is 87.1 Å². The van der Waals surface area contributed by atoms with Gasteiger partial charge in [-0.25, -0.2) is 5.43 Å². The SMILES string of the molecule is CCCCCCCCCCCCCC(=O)NCC(=O)NN=Cc1cc(OC)ccc1Br. The first kappa shape index (κ1) is 27.1. The molecule has 2 N–H and O–H groups in total. The second-order valence-corrected chi connectivity index (χ2v) is 8.60. The van der Waals surface area contributed by atoms with Gasteiger partial charge in [0.2, 0.25) is 5.91 Å². The van der Waals surface area contributed by atoms with Gasteiger partial charge in [0.1, 0.15) is 5.75 Å². The van der Waals surface area contributed by atoms with E-state index in [9.17, 15) is 9.59 Å². The number of unbranched alkanes of at least 4 members (excludes halogenated alkanes) is 10. The van der Waals surface area contributed by atoms with Crippen molar-refractivity contribution in [1.82, 2.24) is 10.7 Å². The Kier molecular flexibility index (Phi) is 15.5. The van der Waals surface area contributed by atoms with Gasteiger partial charge in [-0.2, -0.15) is 5.10 Å². The number of rotatable bonds is 17. The number of halogens is 1. The highest BCUT2D eigenvalue weighted by Gasteiger charge is 2.05. The van der Waals surface area contributed by atoms with Crippen LogP contribution in [0.15, 0.2) is 27.8 Å². The minimum atomic E-state index is -0.359. The average molecular weight is 496 g/mol. The van der Waals surface area contributed by atoms with Gasteiger partial charge in [0.15, 0.2) is 0 Å². The summed E-state index contributed by atoms with van der Waals surface area (Å²) in [6.07, 6.45) is 15.7. The standard InChI is InChI=1S/C24H38BrN3O3/c1-3-4-5-6-7-8-9-10-11-12-13-14-23(29)26-19-24(30)28-27-18-20-17-21(31-2)15-16-22(20)25/h15-18H,3-14,19H2,1-2H3,(H,26,29)(H,28,30). The Bertz CT molecular complexity index is 680. The van der Waals surface area contributed by atoms with Crippen molar-refractivity contribution in [3.05, 3.63) is 28.2 Å². The lowest BCUT2D eigenvalue weighted by atomic mass is 10.1. The highest BCUT2D eigenvalue weighted by atomic mass is 79.9. The van der Waals surface area contributed by atoms with Crippen LogP contribution in [0.1, 0.15) is 89.5 Å². The number of hydrogen-bond acceptors (Lipinski definition) is 4. The van der Waals surface area contributed by atoms with Crippen molar-refractivity contribution in [1.29, 1.82) is 0 Å². The molecule has 0 aromatic heterocycles. The summed E-state index contributed by atoms with van der Waals surface area (Å²) in [5.74, 6) is 0.249. The van der Waals surface area contributed by atoms with E-state index in [1.54, 1.807) is 13.2 Å². The molecular weight excluding hydrogens is 458 g/mol. The van der Waals surface area contributed by atoms with Crippen molar-refractivity contribution in [2.24, 2.45) is 5.10 Å². The van der Waals surface area contributed by atoms with Crippen LogP contribution in [0.3, 0.4) is 0 Å². The molecule has 7 heteroatoms. The predicted molar refractivity (Wildman–Crippen MR) is 131 cm³/mol. The summed E-state index contributed by atoms with van der Waals surface area (Å²) in [5.41, 5.74) is 3.20. The molecule has 1 rings (SSSR count). The first-order valence-corrected chi connectivity index (χ1v) is 12.3. The molecule has 0 unspecified atom stereocenters. The molecule has 2 amide bonds. The number of nitrogens with zero attached hydrogens (tertiary/aromatic N) is 1. The molecule has 0 bridgehead atoms. The first-order valence-electron chi connectivity index (χ1n) is 11.5. The van der Waals surface area contributed by atoms with Gasteiger partial charge < -0.3 is 10.1 Å². The van der Waals surface area contributed by atoms with E-state index in [1.165, 1.54) is 64.0 Å². The Labute approximate surface area is 195 Å². The Balaban J connectivity index is 2.05. The third-order valence-corrected chi connectivity index (χ3v) is 5.77. The van der Waals surface area contributed by atoms with Crippen LogP contribution in [0.25, 0.3) is 0 Å². The van der Waals surface area contributed by atoms with Crippen LogP contribution < -0.4 is 15.5 Å². The Morgan fingerprint density at radius 1 is 0.968 bits per heavy atom. The zero-order valence-electron chi connectivity index (χ0n) is 19.1. The van der Waals surface area contributed by atoms with E-state index in [0.717, 1.165) is 22.9 Å². The molecule has 0 saturated carbocycles. The molecule has 6 nitrogen and oxygen atoms in total. The Hall–Kier alpha value is -1.89. The second-order valence-electron chi connectivity index (χ2n) is 7.74. The number of ether oxygens (including phenoxy) is 1. The zero-order valence-corrected chi connectivity index (χ0v) is 20.6. The van der Waals surface area contributed by atoms with Gasteiger partial charge in [0.25, 0.3) is 5.91 Å². The van der Waals surface area contributed by atoms with Gasteiger partial charge in [-0.05, 0) is 24.6 Å². The minimum Gasteiger partial charge on any atom is -0.497 e. The molecule has 0 fully saturated rings. The molecule has 0 aliphatic heterocycles. The van der Waals surface area contributed by atoms with E-state index >= 15 is 0 Å². The van der Waals surface area contributed by atoms with Crippen molar-refractivity contribution in [2.45, 2.75) is 84.0 Å². The van der Waals surface area contributed by atoms with E-state index in [4.69, 9.17) is 4.74 Å². The van der Waals surface area contributed by atoms with Crippen LogP contribution in [-0.2, 0) is 9.59 Å². The number of hydrogen-bond donors (Lipinski definition) is 2. The van der Waals surface area contributed by atoms with Gasteiger partial charge in [-0.3, -0.25) is 9.59 Å². The lowest BCUT2D eigenvalue weighted by molar-refractivity contribution is -0.126. The summed E-state index contributed by atoms with van der Waals surface area (Å²) in [7, 11) is 1.59. The van der Waals surface area contributed by atoms with E-state index in [2.05, 4.69) is 38.7 Å². The summed E-state index contributed by atoms with van der Waals surface area (Å²) < 4.78 is 6.01. The van der Waals surface area contributed by atoms with Crippen LogP contribution >= 0.6 is 15.9 Å². The number of nitrogens with one attached hydrogen (secondary N) is 2. The summed E-state index contributed by atoms with van der Waals surface area (Å²) in [6.45, 7) is 2.17. The first-order chi connectivity index (χ1) is 15.1. The minimum absolute atomic E-state index is 0.0759. The van der Waals surface area contributed by atoms with Gasteiger partial charge in [-0.15, -0.1) is 0 Å². The third-order valence-electron chi connectivity index (χ3n) is 5.05. The number of carbonyl (C=O) groups is 2. The molecule has 0 aliphatic rings. The van der Waals surface area contributed by atoms with Crippen molar-refractivity contribution in [3.8, 4) is 5.75 Å². The van der Waals surface area contributed by atoms with Crippen molar-refractivity contribution in [2.75, 3.05) is 13.7 Å². The van der Waals surface area contributed by atoms with Crippen molar-refractivity contribution in [3.63, 3.8) is 0 Å². The fourth-order valence-electron chi connectivity index (χ4n) is 3.18. The van der Waals surface area contributed by atoms with Crippen LogP contribution in [0.4, 0.5) is 0 Å². The maximum absolute atomic E-state index is 11.9. The summed E-state index contributed by atoms with van der Waals surface area (Å²) in [6, 6.07) is 5.47. The van der Waals surface area contributed by atoms with Crippen molar-refractivity contribution < 1.29 is 14.3 Å². The van der Waals surface area contributed by atoms with E-state index in [-0.39, 0.29) is 18.4 Å². The Morgan fingerprint density at radius 3 is 2.19 bits per heavy atom. The molecule has 1 aromatic rings. The summed E-state index contributed by atoms with van der Waals surface area (Å²) in [4.78, 5) is 23.7. The summed E-state index contributed by atoms with van der Waals surface area (Å²) in [5, 5.41) is 6.57. The van der Waals surface area contributed by atoms with Crippen molar-refractivity contribution >= 4 is 34.0 Å². The van der Waals surface area contributed by atoms with E-state index < -0.39 is 0 Å². The zero-order chi connectivity index (χ0) is 22.7. The number of amides is 2. The smallest absolute Gasteiger partial charge is 0.259 e. The molecule has 0 atom stereocenters. The molecule has 0 saturated heterocycles. The molecule has 1 aromatic carbocycles. The number of benzene rings is 1. The maximum atomic E-state index is 11.9. The van der Waals surface area contributed by atoms with Gasteiger partial charge in [0.05, 0.1) is 19.9 Å². The highest BCUT2D eigenvalue weighted by Crippen LogP contribution is 2.20. The predicted octanol–water partition coefficient (Wildman–Crippen LogP) is 5.73. The fraction of sp³-hybridized carbons (Fsp3) is 0.625. The van der Waals surface area contributed by atoms with Crippen LogP contribution in [0.5, 0.6) is 5.75 Å². The number of hydrazone groups is 1. The van der Waals surface area contributed by atoms with Crippen LogP contribution in [-0.4, -0.2) is 31.7 Å². The van der Waals surface area contributed by atoms with Crippen LogP contribution in [0.2, 0.25) is 0 Å². The number of methoxy groups -OCH3 is 1. The third kappa shape index (κ3) is 13.9. The van der Waals surface area contributed by atoms with Gasteiger partial charge >= 0.3 is 0 Å². The van der Waals surface area contributed by atoms with Crippen LogP contribution in [0, 0.1) is 0 Å². The fourth-order valence-corrected chi connectivity index (χ4v) is 3.53. The number of carbonyl (C=O) groups excluding carboxylic acids is 2. The summed E-state index contributed by atoms with van der Waals surface area (Å²) >= 11 is 3.42. The topological polar surface area (TPSA) is 79.8 Å². The lowest BCUT2D eigenvalue weighted by Gasteiger charge is -2.05. The molecule has 0 heterocycles. The second kappa shape index (κ2) is 17.8. The molecular formula is C24H38BrN3O3. The molecule has 174 valence electrons. The lowest BCUT2D eigenvalue weighted by Crippen LogP contribution is -2.34. The molecule has 0 aliphatic carbocycles. The molecule has 0 radical (unpaired) electrons. The highest BCUT2D eigenvalue weighted by molar-refractivity contribution is 9.10. The average Bonchev–Trinajstić information content (AvgIpc) is 2.77. The quantitative estimate of drug-likeness (QED) is 0.164. The van der Waals surface area contributed by atoms with E-state index in [0.29, 0.717) is 12.2 Å². The largest absolute Gasteiger partial charge is 0.497 e. The molecule has 31 heavy (non-hydrogen) atoms. The normalized spacial score (nSPS) is 10.9. The van der Waals surface area contributed by atoms with E-state index in [1.807, 2.05) is 12.1 Å². The monoisotopic (exact) mass is 495 g/mol. The maximum Gasteiger partial charge on any atom is 0.259 e. The van der Waals surface area contributed by atoms with Gasteiger partial charge in [0, 0.05) is 16.5 Å². The molecule has 0 spiro atoms. The Morgan fingerprint density at radius 2 is 1.58 bits per heavy atom.